The van der Waals surface area contributed by atoms with Crippen LogP contribution in [0.4, 0.5) is 0 Å². The molecule has 68 valence electrons. The highest BCUT2D eigenvalue weighted by Gasteiger charge is 1.97. The van der Waals surface area contributed by atoms with E-state index >= 15 is 0 Å². The molecule has 0 rings (SSSR count). The van der Waals surface area contributed by atoms with Gasteiger partial charge >= 0.3 is 0 Å². The topological polar surface area (TPSA) is 55.4 Å². The fourth-order valence-electron chi connectivity index (χ4n) is 0.629. The van der Waals surface area contributed by atoms with Gasteiger partial charge in [0.25, 0.3) is 0 Å². The molecular weight excluding hydrogens is 166 g/mol. The summed E-state index contributed by atoms with van der Waals surface area (Å²) < 4.78 is 28.2. The third kappa shape index (κ3) is 9.87. The molecule has 0 aliphatic carbocycles. The fraction of sp³-hybridized carbons (Fsp3) is 1.00. The number of ether oxygens (including phenoxy) is 1. The van der Waals surface area contributed by atoms with Crippen molar-refractivity contribution in [2.45, 2.75) is 12.8 Å². The summed E-state index contributed by atoms with van der Waals surface area (Å²) in [7, 11) is -1.37. The molecule has 0 fully saturated rings. The summed E-state index contributed by atoms with van der Waals surface area (Å²) in [6.45, 7) is 1.19. The molecule has 11 heavy (non-hydrogen) atoms. The summed E-state index contributed by atoms with van der Waals surface area (Å²) in [5.41, 5.74) is 0. The Morgan fingerprint density at radius 3 is 2.45 bits per heavy atom. The molecule has 1 N–H and O–H groups in total. The Bertz CT molecular complexity index is 176. The third-order valence-corrected chi connectivity index (χ3v) is 1.87. The van der Waals surface area contributed by atoms with Gasteiger partial charge in [0, 0.05) is 20.3 Å². The molecule has 0 aromatic heterocycles. The minimum atomic E-state index is -3.00. The summed E-state index contributed by atoms with van der Waals surface area (Å²) in [5, 5.41) is 0. The molecule has 0 bridgehead atoms. The zero-order valence-corrected chi connectivity index (χ0v) is 7.78. The van der Waals surface area contributed by atoms with Crippen LogP contribution >= 0.6 is 0 Å². The zero-order chi connectivity index (χ0) is 8.74. The minimum absolute atomic E-state index is 0.502. The van der Waals surface area contributed by atoms with Gasteiger partial charge in [0.05, 0.1) is 6.26 Å². The van der Waals surface area contributed by atoms with Crippen LogP contribution in [0, 0.1) is 0 Å². The van der Waals surface area contributed by atoms with Crippen LogP contribution < -0.4 is 4.72 Å². The van der Waals surface area contributed by atoms with Gasteiger partial charge in [0.1, 0.15) is 0 Å². The number of hydrogen-bond acceptors (Lipinski definition) is 3. The van der Waals surface area contributed by atoms with Gasteiger partial charge in [-0.05, 0) is 12.8 Å². The summed E-state index contributed by atoms with van der Waals surface area (Å²) >= 11 is 0. The van der Waals surface area contributed by atoms with Crippen LogP contribution in [0.1, 0.15) is 12.8 Å². The van der Waals surface area contributed by atoms with E-state index in [2.05, 4.69) is 4.72 Å². The molecule has 0 saturated heterocycles. The first-order valence-electron chi connectivity index (χ1n) is 3.50. The number of nitrogens with one attached hydrogen (secondary N) is 1. The Kier molecular flexibility index (Phi) is 5.45. The molecule has 0 heterocycles. The van der Waals surface area contributed by atoms with Crippen molar-refractivity contribution in [3.63, 3.8) is 0 Å². The van der Waals surface area contributed by atoms with E-state index in [9.17, 15) is 8.42 Å². The SMILES string of the molecule is COCCCCNS(C)(=O)=O. The maximum absolute atomic E-state index is 10.5. The van der Waals surface area contributed by atoms with Gasteiger partial charge in [-0.25, -0.2) is 13.1 Å². The lowest BCUT2D eigenvalue weighted by molar-refractivity contribution is 0.193. The van der Waals surface area contributed by atoms with Crippen molar-refractivity contribution in [3.05, 3.63) is 0 Å². The molecule has 4 nitrogen and oxygen atoms in total. The predicted octanol–water partition coefficient (Wildman–Crippen LogP) is -0.0378. The second-order valence-electron chi connectivity index (χ2n) is 2.37. The van der Waals surface area contributed by atoms with Crippen molar-refractivity contribution < 1.29 is 13.2 Å². The van der Waals surface area contributed by atoms with E-state index in [1.807, 2.05) is 0 Å². The predicted molar refractivity (Wildman–Crippen MR) is 44.0 cm³/mol. The molecule has 0 amide bonds. The van der Waals surface area contributed by atoms with E-state index in [4.69, 9.17) is 4.74 Å². The molecular formula is C6H15NO3S. The standard InChI is InChI=1S/C6H15NO3S/c1-10-6-4-3-5-7-11(2,8)9/h7H,3-6H2,1-2H3. The van der Waals surface area contributed by atoms with Crippen LogP contribution in [-0.4, -0.2) is 34.9 Å². The summed E-state index contributed by atoms with van der Waals surface area (Å²) in [4.78, 5) is 0. The summed E-state index contributed by atoms with van der Waals surface area (Å²) in [6.07, 6.45) is 2.86. The minimum Gasteiger partial charge on any atom is -0.385 e. The van der Waals surface area contributed by atoms with Crippen LogP contribution in [-0.2, 0) is 14.8 Å². The average molecular weight is 181 g/mol. The van der Waals surface area contributed by atoms with Gasteiger partial charge in [-0.15, -0.1) is 0 Å². The highest BCUT2D eigenvalue weighted by atomic mass is 32.2. The van der Waals surface area contributed by atoms with Crippen LogP contribution in [0.5, 0.6) is 0 Å². The zero-order valence-electron chi connectivity index (χ0n) is 6.96. The van der Waals surface area contributed by atoms with Gasteiger partial charge in [-0.1, -0.05) is 0 Å². The summed E-state index contributed by atoms with van der Waals surface area (Å²) in [6, 6.07) is 0. The molecule has 0 saturated carbocycles. The van der Waals surface area contributed by atoms with Crippen molar-refractivity contribution >= 4 is 10.0 Å². The second kappa shape index (κ2) is 5.51. The first-order chi connectivity index (χ1) is 5.06. The van der Waals surface area contributed by atoms with Crippen LogP contribution in [0.3, 0.4) is 0 Å². The van der Waals surface area contributed by atoms with Crippen LogP contribution in [0.2, 0.25) is 0 Å². The van der Waals surface area contributed by atoms with Gasteiger partial charge in [0.15, 0.2) is 0 Å². The monoisotopic (exact) mass is 181 g/mol. The molecule has 0 unspecified atom stereocenters. The number of methoxy groups -OCH3 is 1. The molecule has 0 spiro atoms. The van der Waals surface area contributed by atoms with E-state index in [1.54, 1.807) is 7.11 Å². The Balaban J connectivity index is 3.16. The Hall–Kier alpha value is -0.130. The molecule has 0 aliphatic heterocycles. The normalized spacial score (nSPS) is 11.8. The van der Waals surface area contributed by atoms with Crippen molar-refractivity contribution in [2.24, 2.45) is 0 Å². The Labute approximate surface area is 68.0 Å². The van der Waals surface area contributed by atoms with E-state index < -0.39 is 10.0 Å². The number of hydrogen-bond donors (Lipinski definition) is 1. The van der Waals surface area contributed by atoms with Crippen molar-refractivity contribution in [1.82, 2.24) is 4.72 Å². The lowest BCUT2D eigenvalue weighted by atomic mass is 10.3. The van der Waals surface area contributed by atoms with E-state index in [1.165, 1.54) is 0 Å². The van der Waals surface area contributed by atoms with E-state index in [0.29, 0.717) is 13.2 Å². The molecule has 0 aliphatic rings. The van der Waals surface area contributed by atoms with Crippen molar-refractivity contribution in [2.75, 3.05) is 26.5 Å². The first-order valence-corrected chi connectivity index (χ1v) is 5.39. The Morgan fingerprint density at radius 1 is 1.36 bits per heavy atom. The molecule has 0 atom stereocenters. The number of rotatable bonds is 6. The second-order valence-corrected chi connectivity index (χ2v) is 4.20. The molecule has 5 heteroatoms. The van der Waals surface area contributed by atoms with Gasteiger partial charge in [-0.2, -0.15) is 0 Å². The molecule has 0 radical (unpaired) electrons. The average Bonchev–Trinajstić information content (AvgIpc) is 1.85. The van der Waals surface area contributed by atoms with E-state index in [-0.39, 0.29) is 0 Å². The lowest BCUT2D eigenvalue weighted by Gasteiger charge is -2.00. The summed E-state index contributed by atoms with van der Waals surface area (Å²) in [5.74, 6) is 0. The lowest BCUT2D eigenvalue weighted by Crippen LogP contribution is -2.23. The first kappa shape index (κ1) is 10.9. The van der Waals surface area contributed by atoms with Crippen LogP contribution in [0.15, 0.2) is 0 Å². The maximum atomic E-state index is 10.5. The highest BCUT2D eigenvalue weighted by molar-refractivity contribution is 7.88. The highest BCUT2D eigenvalue weighted by Crippen LogP contribution is 1.87. The number of sulfonamides is 1. The van der Waals surface area contributed by atoms with Crippen molar-refractivity contribution in [3.8, 4) is 0 Å². The van der Waals surface area contributed by atoms with Crippen LogP contribution in [0.25, 0.3) is 0 Å². The quantitative estimate of drug-likeness (QED) is 0.585. The van der Waals surface area contributed by atoms with Gasteiger partial charge in [-0.3, -0.25) is 0 Å². The molecule has 0 aromatic rings. The fourth-order valence-corrected chi connectivity index (χ4v) is 1.14. The molecule has 0 aromatic carbocycles. The smallest absolute Gasteiger partial charge is 0.208 e. The Morgan fingerprint density at radius 2 is 2.00 bits per heavy atom. The largest absolute Gasteiger partial charge is 0.385 e. The maximum Gasteiger partial charge on any atom is 0.208 e. The van der Waals surface area contributed by atoms with Crippen molar-refractivity contribution in [1.29, 1.82) is 0 Å². The third-order valence-electron chi connectivity index (χ3n) is 1.14. The number of unbranched alkanes of at least 4 members (excludes halogenated alkanes) is 1. The van der Waals surface area contributed by atoms with Gasteiger partial charge in [0.2, 0.25) is 10.0 Å². The van der Waals surface area contributed by atoms with E-state index in [0.717, 1.165) is 19.1 Å². The van der Waals surface area contributed by atoms with Gasteiger partial charge < -0.3 is 4.74 Å².